The van der Waals surface area contributed by atoms with Crippen LogP contribution in [0.2, 0.25) is 0 Å². The first kappa shape index (κ1) is 19.1. The Balaban J connectivity index is 1.70. The van der Waals surface area contributed by atoms with Crippen LogP contribution in [0.15, 0.2) is 24.4 Å². The average molecular weight is 373 g/mol. The van der Waals surface area contributed by atoms with Gasteiger partial charge in [-0.25, -0.2) is 4.39 Å². The molecule has 0 atom stereocenters. The smallest absolute Gasteiger partial charge is 0.258 e. The van der Waals surface area contributed by atoms with Crippen LogP contribution >= 0.6 is 0 Å². The number of aryl methyl sites for hydroxylation is 1. The summed E-state index contributed by atoms with van der Waals surface area (Å²) in [5, 5.41) is 5.67. The van der Waals surface area contributed by atoms with Gasteiger partial charge < -0.3 is 20.4 Å². The van der Waals surface area contributed by atoms with E-state index in [1.807, 2.05) is 6.92 Å². The van der Waals surface area contributed by atoms with E-state index >= 15 is 0 Å². The second-order valence-electron chi connectivity index (χ2n) is 6.48. The maximum atomic E-state index is 14.3. The van der Waals surface area contributed by atoms with Crippen LogP contribution < -0.4 is 15.4 Å². The number of benzene rings is 1. The first-order valence-electron chi connectivity index (χ1n) is 9.28. The lowest BCUT2D eigenvalue weighted by Crippen LogP contribution is -2.20. The van der Waals surface area contributed by atoms with Crippen LogP contribution in [0.4, 0.5) is 10.1 Å². The van der Waals surface area contributed by atoms with Crippen molar-refractivity contribution in [3.8, 4) is 5.75 Å². The number of H-pyrrole nitrogens is 1. The molecule has 1 aromatic carbocycles. The summed E-state index contributed by atoms with van der Waals surface area (Å²) >= 11 is 0. The molecule has 1 aromatic heterocycles. The number of aromatic amines is 1. The minimum atomic E-state index is -0.586. The van der Waals surface area contributed by atoms with Gasteiger partial charge >= 0.3 is 0 Å². The monoisotopic (exact) mass is 373 g/mol. The third-order valence-corrected chi connectivity index (χ3v) is 4.55. The zero-order chi connectivity index (χ0) is 19.2. The van der Waals surface area contributed by atoms with Crippen molar-refractivity contribution in [1.82, 2.24) is 10.3 Å². The summed E-state index contributed by atoms with van der Waals surface area (Å²) in [6.07, 6.45) is 4.41. The van der Waals surface area contributed by atoms with E-state index < -0.39 is 11.7 Å². The molecule has 1 heterocycles. The number of ether oxygens (including phenoxy) is 1. The minimum Gasteiger partial charge on any atom is -0.492 e. The van der Waals surface area contributed by atoms with Gasteiger partial charge in [0.25, 0.3) is 5.91 Å². The molecule has 0 aliphatic heterocycles. The number of aromatic nitrogens is 1. The highest BCUT2D eigenvalue weighted by molar-refractivity contribution is 6.13. The van der Waals surface area contributed by atoms with Crippen LogP contribution in [0.5, 0.6) is 5.75 Å². The molecule has 1 aliphatic carbocycles. The van der Waals surface area contributed by atoms with Crippen LogP contribution in [-0.4, -0.2) is 36.4 Å². The molecule has 0 bridgehead atoms. The fourth-order valence-corrected chi connectivity index (χ4v) is 3.17. The fourth-order valence-electron chi connectivity index (χ4n) is 3.17. The Bertz CT molecular complexity index is 832. The molecule has 1 amide bonds. The molecule has 0 saturated carbocycles. The number of anilines is 1. The Hall–Kier alpha value is -2.67. The van der Waals surface area contributed by atoms with Crippen LogP contribution in [0, 0.1) is 5.82 Å². The van der Waals surface area contributed by atoms with Crippen molar-refractivity contribution in [3.05, 3.63) is 47.0 Å². The van der Waals surface area contributed by atoms with Gasteiger partial charge in [0.05, 0.1) is 16.8 Å². The van der Waals surface area contributed by atoms with E-state index in [-0.39, 0.29) is 17.0 Å². The zero-order valence-electron chi connectivity index (χ0n) is 15.4. The molecule has 3 N–H and O–H groups in total. The van der Waals surface area contributed by atoms with Crippen LogP contribution in [0.3, 0.4) is 0 Å². The van der Waals surface area contributed by atoms with E-state index in [0.29, 0.717) is 30.9 Å². The van der Waals surface area contributed by atoms with Gasteiger partial charge in [-0.1, -0.05) is 6.92 Å². The lowest BCUT2D eigenvalue weighted by molar-refractivity contribution is 0.0965. The van der Waals surface area contributed by atoms with E-state index in [2.05, 4.69) is 15.6 Å². The fraction of sp³-hybridized carbons (Fsp3) is 0.400. The Kier molecular flexibility index (Phi) is 6.24. The first-order chi connectivity index (χ1) is 13.1. The summed E-state index contributed by atoms with van der Waals surface area (Å²) in [5.41, 5.74) is 1.54. The molecule has 0 unspecified atom stereocenters. The van der Waals surface area contributed by atoms with E-state index in [1.54, 1.807) is 6.07 Å². The van der Waals surface area contributed by atoms with Crippen molar-refractivity contribution >= 4 is 17.4 Å². The summed E-state index contributed by atoms with van der Waals surface area (Å²) in [6.45, 7) is 3.93. The summed E-state index contributed by atoms with van der Waals surface area (Å²) in [5.74, 6) is -0.729. The lowest BCUT2D eigenvalue weighted by Gasteiger charge is -2.10. The number of fused-ring (bicyclic) bond motifs is 1. The molecule has 6 nitrogen and oxygen atoms in total. The Labute approximate surface area is 157 Å². The van der Waals surface area contributed by atoms with Crippen molar-refractivity contribution in [2.24, 2.45) is 0 Å². The number of hydrogen-bond acceptors (Lipinski definition) is 4. The average Bonchev–Trinajstić information content (AvgIpc) is 3.00. The quantitative estimate of drug-likeness (QED) is 0.514. The predicted molar refractivity (Wildman–Crippen MR) is 101 cm³/mol. The number of ketones is 1. The number of carbonyl (C=O) groups excluding carboxylic acids is 2. The van der Waals surface area contributed by atoms with Crippen molar-refractivity contribution in [2.45, 2.75) is 32.6 Å². The number of amides is 1. The molecule has 0 saturated heterocycles. The van der Waals surface area contributed by atoms with Gasteiger partial charge in [-0.05, 0) is 37.9 Å². The topological polar surface area (TPSA) is 83.2 Å². The van der Waals surface area contributed by atoms with Gasteiger partial charge in [0, 0.05) is 30.9 Å². The molecule has 0 fully saturated rings. The van der Waals surface area contributed by atoms with Gasteiger partial charge in [-0.3, -0.25) is 9.59 Å². The number of likely N-dealkylation sites (N-methyl/N-ethyl adjacent to an activating group) is 1. The maximum Gasteiger partial charge on any atom is 0.258 e. The number of Topliss-reactive ketones (excluding diaryl/α,β-unsaturated/α-hetero) is 1. The second kappa shape index (κ2) is 8.81. The first-order valence-corrected chi connectivity index (χ1v) is 9.28. The van der Waals surface area contributed by atoms with Crippen molar-refractivity contribution in [3.63, 3.8) is 0 Å². The van der Waals surface area contributed by atoms with Gasteiger partial charge in [-0.2, -0.15) is 0 Å². The van der Waals surface area contributed by atoms with Gasteiger partial charge in [0.15, 0.2) is 5.78 Å². The third-order valence-electron chi connectivity index (χ3n) is 4.55. The molecule has 7 heteroatoms. The zero-order valence-corrected chi connectivity index (χ0v) is 15.4. The van der Waals surface area contributed by atoms with Crippen molar-refractivity contribution in [2.75, 3.05) is 25.0 Å². The highest BCUT2D eigenvalue weighted by Gasteiger charge is 2.25. The molecule has 0 radical (unpaired) electrons. The van der Waals surface area contributed by atoms with Crippen LogP contribution in [0.1, 0.15) is 52.6 Å². The molecular formula is C20H24FN3O3. The van der Waals surface area contributed by atoms with Gasteiger partial charge in [-0.15, -0.1) is 0 Å². The SMILES string of the molecule is CCNCCOc1ccc(NC(=O)c2c[nH]c3c2C(=O)CCCC3)c(F)c1. The molecule has 1 aliphatic rings. The van der Waals surface area contributed by atoms with Gasteiger partial charge in [0.2, 0.25) is 0 Å². The van der Waals surface area contributed by atoms with E-state index in [0.717, 1.165) is 31.5 Å². The second-order valence-corrected chi connectivity index (χ2v) is 6.48. The molecule has 144 valence electrons. The molecule has 0 spiro atoms. The minimum absolute atomic E-state index is 0.0428. The maximum absolute atomic E-state index is 14.3. The predicted octanol–water partition coefficient (Wildman–Crippen LogP) is 3.30. The highest BCUT2D eigenvalue weighted by atomic mass is 19.1. The number of hydrogen-bond donors (Lipinski definition) is 3. The summed E-state index contributed by atoms with van der Waals surface area (Å²) in [6, 6.07) is 4.31. The van der Waals surface area contributed by atoms with Crippen LogP contribution in [-0.2, 0) is 6.42 Å². The molecule has 27 heavy (non-hydrogen) atoms. The molecule has 3 rings (SSSR count). The number of nitrogens with one attached hydrogen (secondary N) is 3. The number of rotatable bonds is 7. The standard InChI is InChI=1S/C20H24FN3O3/c1-2-22-9-10-27-13-7-8-16(15(21)11-13)24-20(26)14-12-23-17-5-3-4-6-18(25)19(14)17/h7-8,11-12,22-23H,2-6,9-10H2,1H3,(H,24,26). The third kappa shape index (κ3) is 4.54. The van der Waals surface area contributed by atoms with Gasteiger partial charge in [0.1, 0.15) is 18.2 Å². The Morgan fingerprint density at radius 3 is 2.89 bits per heavy atom. The summed E-state index contributed by atoms with van der Waals surface area (Å²) in [7, 11) is 0. The van der Waals surface area contributed by atoms with E-state index in [4.69, 9.17) is 4.74 Å². The van der Waals surface area contributed by atoms with Crippen LogP contribution in [0.25, 0.3) is 0 Å². The van der Waals surface area contributed by atoms with Crippen molar-refractivity contribution < 1.29 is 18.7 Å². The van der Waals surface area contributed by atoms with Crippen molar-refractivity contribution in [1.29, 1.82) is 0 Å². The lowest BCUT2D eigenvalue weighted by atomic mass is 10.0. The van der Waals surface area contributed by atoms with E-state index in [9.17, 15) is 14.0 Å². The summed E-state index contributed by atoms with van der Waals surface area (Å²) in [4.78, 5) is 27.9. The Morgan fingerprint density at radius 2 is 2.11 bits per heavy atom. The van der Waals surface area contributed by atoms with E-state index in [1.165, 1.54) is 18.3 Å². The largest absolute Gasteiger partial charge is 0.492 e. The molecule has 2 aromatic rings. The normalized spacial score (nSPS) is 13.8. The molecular weight excluding hydrogens is 349 g/mol. The number of carbonyl (C=O) groups is 2. The highest BCUT2D eigenvalue weighted by Crippen LogP contribution is 2.26. The Morgan fingerprint density at radius 1 is 1.30 bits per heavy atom. The number of halogens is 1. The summed E-state index contributed by atoms with van der Waals surface area (Å²) < 4.78 is 19.8.